The van der Waals surface area contributed by atoms with Crippen molar-refractivity contribution in [2.24, 2.45) is 0 Å². The molecular formula is C22H27N3O3. The van der Waals surface area contributed by atoms with Gasteiger partial charge in [-0.15, -0.1) is 0 Å². The second-order valence-electron chi connectivity index (χ2n) is 7.66. The number of rotatable bonds is 5. The largest absolute Gasteiger partial charge is 0.508 e. The van der Waals surface area contributed by atoms with Crippen LogP contribution >= 0.6 is 0 Å². The van der Waals surface area contributed by atoms with E-state index in [1.165, 1.54) is 5.56 Å². The van der Waals surface area contributed by atoms with Gasteiger partial charge < -0.3 is 15.2 Å². The van der Waals surface area contributed by atoms with Crippen LogP contribution in [0.3, 0.4) is 0 Å². The molecule has 2 atom stereocenters. The van der Waals surface area contributed by atoms with E-state index in [0.717, 1.165) is 18.4 Å². The van der Waals surface area contributed by atoms with Gasteiger partial charge in [-0.3, -0.25) is 4.79 Å². The summed E-state index contributed by atoms with van der Waals surface area (Å²) in [5.74, 6) is 0.223. The quantitative estimate of drug-likeness (QED) is 0.638. The molecule has 6 nitrogen and oxygen atoms in total. The van der Waals surface area contributed by atoms with E-state index in [2.05, 4.69) is 28.3 Å². The van der Waals surface area contributed by atoms with Crippen LogP contribution in [0.1, 0.15) is 36.4 Å². The summed E-state index contributed by atoms with van der Waals surface area (Å²) < 4.78 is 5.57. The smallest absolute Gasteiger partial charge is 0.238 e. The van der Waals surface area contributed by atoms with Gasteiger partial charge in [0.05, 0.1) is 6.04 Å². The topological polar surface area (TPSA) is 82.6 Å². The fourth-order valence-corrected chi connectivity index (χ4v) is 4.22. The van der Waals surface area contributed by atoms with Gasteiger partial charge in [0.15, 0.2) is 0 Å². The number of phenols is 1. The maximum absolute atomic E-state index is 12.8. The molecule has 148 valence electrons. The molecule has 0 saturated carbocycles. The lowest BCUT2D eigenvalue weighted by molar-refractivity contribution is -0.123. The summed E-state index contributed by atoms with van der Waals surface area (Å²) in [4.78, 5) is 12.8. The minimum atomic E-state index is -0.336. The van der Waals surface area contributed by atoms with Crippen LogP contribution in [0, 0.1) is 0 Å². The van der Waals surface area contributed by atoms with Crippen LogP contribution < -0.4 is 16.2 Å². The van der Waals surface area contributed by atoms with Crippen LogP contribution in [0.25, 0.3) is 0 Å². The Morgan fingerprint density at radius 2 is 1.79 bits per heavy atom. The number of phenolic OH excluding ortho intramolecular Hbond substituents is 1. The molecule has 0 aliphatic carbocycles. The van der Waals surface area contributed by atoms with Gasteiger partial charge in [0.25, 0.3) is 0 Å². The average Bonchev–Trinajstić information content (AvgIpc) is 3.24. The molecule has 0 spiro atoms. The zero-order chi connectivity index (χ0) is 19.4. The number of para-hydroxylation sites is 1. The lowest BCUT2D eigenvalue weighted by Gasteiger charge is -2.38. The summed E-state index contributed by atoms with van der Waals surface area (Å²) in [6.45, 7) is 2.02. The standard InChI is InChI=1S/C22H27N3O3/c26-20-9-5-4-8-17(20)18-14-19(25-24-18)21(27)23-15-22(10-12-28-13-11-22)16-6-2-1-3-7-16/h1-9,18-19,24-26H,10-15H2,(H,23,27). The molecule has 2 fully saturated rings. The highest BCUT2D eigenvalue weighted by Crippen LogP contribution is 2.34. The molecule has 2 unspecified atom stereocenters. The van der Waals surface area contributed by atoms with Crippen molar-refractivity contribution in [2.45, 2.75) is 36.8 Å². The number of carbonyl (C=O) groups is 1. The molecule has 0 aromatic heterocycles. The Balaban J connectivity index is 1.40. The second kappa shape index (κ2) is 8.31. The number of aromatic hydroxyl groups is 1. The van der Waals surface area contributed by atoms with Gasteiger partial charge in [0.2, 0.25) is 5.91 Å². The fraction of sp³-hybridized carbons (Fsp3) is 0.409. The summed E-state index contributed by atoms with van der Waals surface area (Å²) >= 11 is 0. The van der Waals surface area contributed by atoms with Crippen molar-refractivity contribution < 1.29 is 14.6 Å². The van der Waals surface area contributed by atoms with Crippen molar-refractivity contribution in [3.63, 3.8) is 0 Å². The molecule has 6 heteroatoms. The lowest BCUT2D eigenvalue weighted by Crippen LogP contribution is -2.49. The number of hydrogen-bond acceptors (Lipinski definition) is 5. The number of amides is 1. The maximum Gasteiger partial charge on any atom is 0.238 e. The van der Waals surface area contributed by atoms with Gasteiger partial charge in [-0.25, -0.2) is 10.9 Å². The highest BCUT2D eigenvalue weighted by molar-refractivity contribution is 5.82. The molecule has 4 rings (SSSR count). The summed E-state index contributed by atoms with van der Waals surface area (Å²) in [6, 6.07) is 17.2. The summed E-state index contributed by atoms with van der Waals surface area (Å²) in [5, 5.41) is 13.2. The SMILES string of the molecule is O=C(NCC1(c2ccccc2)CCOCC1)C1CC(c2ccccc2O)NN1. The number of carbonyl (C=O) groups excluding carboxylic acids is 1. The molecule has 4 N–H and O–H groups in total. The zero-order valence-electron chi connectivity index (χ0n) is 15.9. The molecule has 28 heavy (non-hydrogen) atoms. The Labute approximate surface area is 165 Å². The van der Waals surface area contributed by atoms with Crippen molar-refractivity contribution in [2.75, 3.05) is 19.8 Å². The number of benzene rings is 2. The number of hydrogen-bond donors (Lipinski definition) is 4. The van der Waals surface area contributed by atoms with E-state index >= 15 is 0 Å². The summed E-state index contributed by atoms with van der Waals surface area (Å²) in [5.41, 5.74) is 8.18. The Kier molecular flexibility index (Phi) is 5.62. The van der Waals surface area contributed by atoms with Crippen LogP contribution in [-0.4, -0.2) is 36.8 Å². The van der Waals surface area contributed by atoms with Crippen LogP contribution in [0.2, 0.25) is 0 Å². The van der Waals surface area contributed by atoms with Crippen LogP contribution in [-0.2, 0) is 14.9 Å². The first-order chi connectivity index (χ1) is 13.7. The normalized spacial score (nSPS) is 24.0. The predicted octanol–water partition coefficient (Wildman–Crippen LogP) is 2.16. The zero-order valence-corrected chi connectivity index (χ0v) is 15.9. The van der Waals surface area contributed by atoms with E-state index < -0.39 is 0 Å². The number of ether oxygens (including phenoxy) is 1. The molecule has 2 heterocycles. The third-order valence-electron chi connectivity index (χ3n) is 5.97. The number of nitrogens with one attached hydrogen (secondary N) is 3. The molecule has 2 saturated heterocycles. The van der Waals surface area contributed by atoms with E-state index in [1.807, 2.05) is 30.3 Å². The minimum Gasteiger partial charge on any atom is -0.508 e. The Morgan fingerprint density at radius 1 is 1.07 bits per heavy atom. The summed E-state index contributed by atoms with van der Waals surface area (Å²) in [6.07, 6.45) is 2.38. The second-order valence-corrected chi connectivity index (χ2v) is 7.66. The third-order valence-corrected chi connectivity index (χ3v) is 5.97. The van der Waals surface area contributed by atoms with E-state index in [9.17, 15) is 9.90 Å². The van der Waals surface area contributed by atoms with Crippen molar-refractivity contribution in [3.05, 3.63) is 65.7 Å². The maximum atomic E-state index is 12.8. The number of hydrazine groups is 1. The third kappa shape index (κ3) is 3.90. The van der Waals surface area contributed by atoms with Gasteiger partial charge in [-0.05, 0) is 30.9 Å². The van der Waals surface area contributed by atoms with Gasteiger partial charge in [-0.2, -0.15) is 0 Å². The lowest BCUT2D eigenvalue weighted by atomic mass is 9.74. The van der Waals surface area contributed by atoms with Crippen molar-refractivity contribution in [1.29, 1.82) is 0 Å². The molecule has 2 aromatic carbocycles. The molecule has 2 aliphatic heterocycles. The fourth-order valence-electron chi connectivity index (χ4n) is 4.22. The van der Waals surface area contributed by atoms with E-state index in [-0.39, 0.29) is 29.2 Å². The van der Waals surface area contributed by atoms with Gasteiger partial charge in [0, 0.05) is 30.7 Å². The Bertz CT molecular complexity index is 806. The molecule has 0 radical (unpaired) electrons. The van der Waals surface area contributed by atoms with Gasteiger partial charge >= 0.3 is 0 Å². The highest BCUT2D eigenvalue weighted by Gasteiger charge is 2.37. The molecule has 1 amide bonds. The molecule has 0 bridgehead atoms. The molecular weight excluding hydrogens is 354 g/mol. The van der Waals surface area contributed by atoms with Crippen LogP contribution in [0.15, 0.2) is 54.6 Å². The molecule has 2 aromatic rings. The predicted molar refractivity (Wildman–Crippen MR) is 107 cm³/mol. The first-order valence-electron chi connectivity index (χ1n) is 9.88. The first kappa shape index (κ1) is 18.9. The van der Waals surface area contributed by atoms with Crippen LogP contribution in [0.5, 0.6) is 5.75 Å². The van der Waals surface area contributed by atoms with E-state index in [4.69, 9.17) is 4.74 Å². The Morgan fingerprint density at radius 3 is 2.54 bits per heavy atom. The van der Waals surface area contributed by atoms with E-state index in [1.54, 1.807) is 12.1 Å². The highest BCUT2D eigenvalue weighted by atomic mass is 16.5. The monoisotopic (exact) mass is 381 g/mol. The van der Waals surface area contributed by atoms with Gasteiger partial charge in [0.1, 0.15) is 11.8 Å². The first-order valence-corrected chi connectivity index (χ1v) is 9.88. The Hall–Kier alpha value is -2.41. The summed E-state index contributed by atoms with van der Waals surface area (Å²) in [7, 11) is 0. The van der Waals surface area contributed by atoms with Crippen LogP contribution in [0.4, 0.5) is 0 Å². The van der Waals surface area contributed by atoms with Gasteiger partial charge in [-0.1, -0.05) is 48.5 Å². The minimum absolute atomic E-state index is 0.0211. The van der Waals surface area contributed by atoms with Crippen molar-refractivity contribution in [3.8, 4) is 5.75 Å². The van der Waals surface area contributed by atoms with E-state index in [0.29, 0.717) is 26.2 Å². The average molecular weight is 381 g/mol. The van der Waals surface area contributed by atoms with Crippen molar-refractivity contribution in [1.82, 2.24) is 16.2 Å². The van der Waals surface area contributed by atoms with Crippen molar-refractivity contribution >= 4 is 5.91 Å². The molecule has 2 aliphatic rings.